The topological polar surface area (TPSA) is 87.7 Å². The van der Waals surface area contributed by atoms with Crippen molar-refractivity contribution in [1.82, 2.24) is 15.5 Å². The minimum absolute atomic E-state index is 0.120. The summed E-state index contributed by atoms with van der Waals surface area (Å²) in [7, 11) is 0. The summed E-state index contributed by atoms with van der Waals surface area (Å²) in [5, 5.41) is 6.04. The van der Waals surface area contributed by atoms with Crippen LogP contribution in [0.25, 0.3) is 0 Å². The summed E-state index contributed by atoms with van der Waals surface area (Å²) in [4.78, 5) is 42.3. The second-order valence-electron chi connectivity index (χ2n) is 12.0. The van der Waals surface area contributed by atoms with Gasteiger partial charge in [0.1, 0.15) is 17.7 Å². The van der Waals surface area contributed by atoms with Crippen LogP contribution in [0, 0.1) is 5.92 Å². The van der Waals surface area contributed by atoms with Crippen molar-refractivity contribution < 1.29 is 19.1 Å². The average Bonchev–Trinajstić information content (AvgIpc) is 2.80. The number of amides is 3. The van der Waals surface area contributed by atoms with Crippen LogP contribution in [0.4, 0.5) is 4.79 Å². The molecule has 0 heterocycles. The molecular formula is C30H49N3O4. The molecule has 0 spiro atoms. The third kappa shape index (κ3) is 9.67. The SMILES string of the molecule is CCc1ccc(C(C(=O)NC2CCCCC2)N(C(=O)C(CC(C)C)NC(=O)OC(C)(C)C)C(C)C)cc1. The minimum atomic E-state index is -0.808. The van der Waals surface area contributed by atoms with Crippen molar-refractivity contribution in [2.24, 2.45) is 5.92 Å². The fraction of sp³-hybridized carbons (Fsp3) is 0.700. The van der Waals surface area contributed by atoms with E-state index in [0.717, 1.165) is 37.7 Å². The molecule has 2 rings (SSSR count). The summed E-state index contributed by atoms with van der Waals surface area (Å²) in [6.07, 6.45) is 6.00. The second-order valence-corrected chi connectivity index (χ2v) is 12.0. The lowest BCUT2D eigenvalue weighted by atomic mass is 9.93. The molecule has 1 fully saturated rings. The number of carbonyl (C=O) groups is 3. The first kappa shape index (κ1) is 30.7. The van der Waals surface area contributed by atoms with Gasteiger partial charge in [0.2, 0.25) is 11.8 Å². The Morgan fingerprint density at radius 2 is 1.59 bits per heavy atom. The number of hydrogen-bond donors (Lipinski definition) is 2. The highest BCUT2D eigenvalue weighted by Crippen LogP contribution is 2.28. The van der Waals surface area contributed by atoms with Crippen molar-refractivity contribution in [1.29, 1.82) is 0 Å². The Bertz CT molecular complexity index is 883. The van der Waals surface area contributed by atoms with E-state index < -0.39 is 23.8 Å². The van der Waals surface area contributed by atoms with Crippen LogP contribution in [-0.2, 0) is 20.7 Å². The zero-order valence-electron chi connectivity index (χ0n) is 24.2. The number of hydrogen-bond acceptors (Lipinski definition) is 4. The van der Waals surface area contributed by atoms with Crippen LogP contribution in [0.5, 0.6) is 0 Å². The molecule has 0 aliphatic heterocycles. The Hall–Kier alpha value is -2.57. The van der Waals surface area contributed by atoms with Gasteiger partial charge < -0.3 is 20.3 Å². The van der Waals surface area contributed by atoms with E-state index in [1.807, 2.05) is 52.0 Å². The van der Waals surface area contributed by atoms with E-state index in [0.29, 0.717) is 6.42 Å². The first-order valence-electron chi connectivity index (χ1n) is 14.0. The molecule has 1 aromatic carbocycles. The average molecular weight is 516 g/mol. The molecule has 208 valence electrons. The summed E-state index contributed by atoms with van der Waals surface area (Å²) in [5.74, 6) is -0.298. The zero-order valence-corrected chi connectivity index (χ0v) is 24.2. The molecular weight excluding hydrogens is 466 g/mol. The van der Waals surface area contributed by atoms with Crippen LogP contribution in [0.3, 0.4) is 0 Å². The lowest BCUT2D eigenvalue weighted by molar-refractivity contribution is -0.145. The van der Waals surface area contributed by atoms with Crippen LogP contribution < -0.4 is 10.6 Å². The normalized spacial score (nSPS) is 16.3. The highest BCUT2D eigenvalue weighted by molar-refractivity contribution is 5.92. The minimum Gasteiger partial charge on any atom is -0.444 e. The van der Waals surface area contributed by atoms with Crippen molar-refractivity contribution in [2.75, 3.05) is 0 Å². The molecule has 1 aliphatic rings. The maximum atomic E-state index is 14.1. The molecule has 2 unspecified atom stereocenters. The Balaban J connectivity index is 2.44. The summed E-state index contributed by atoms with van der Waals surface area (Å²) in [6, 6.07) is 6.18. The first-order valence-corrected chi connectivity index (χ1v) is 14.0. The lowest BCUT2D eigenvalue weighted by Crippen LogP contribution is -2.56. The van der Waals surface area contributed by atoms with Crippen LogP contribution in [0.2, 0.25) is 0 Å². The molecule has 1 aromatic rings. The molecule has 7 heteroatoms. The first-order chi connectivity index (χ1) is 17.3. The predicted octanol–water partition coefficient (Wildman–Crippen LogP) is 5.92. The van der Waals surface area contributed by atoms with Crippen LogP contribution in [0.15, 0.2) is 24.3 Å². The van der Waals surface area contributed by atoms with E-state index in [9.17, 15) is 14.4 Å². The fourth-order valence-electron chi connectivity index (χ4n) is 4.90. The number of nitrogens with one attached hydrogen (secondary N) is 2. The van der Waals surface area contributed by atoms with Gasteiger partial charge >= 0.3 is 6.09 Å². The molecule has 7 nitrogen and oxygen atoms in total. The summed E-state index contributed by atoms with van der Waals surface area (Å²) < 4.78 is 5.46. The van der Waals surface area contributed by atoms with E-state index in [1.165, 1.54) is 12.0 Å². The zero-order chi connectivity index (χ0) is 27.8. The van der Waals surface area contributed by atoms with Gasteiger partial charge in [-0.05, 0) is 77.3 Å². The smallest absolute Gasteiger partial charge is 0.408 e. The highest BCUT2D eigenvalue weighted by atomic mass is 16.6. The molecule has 2 N–H and O–H groups in total. The fourth-order valence-corrected chi connectivity index (χ4v) is 4.90. The maximum absolute atomic E-state index is 14.1. The molecule has 0 saturated heterocycles. The second kappa shape index (κ2) is 13.8. The summed E-state index contributed by atoms with van der Waals surface area (Å²) in [5.41, 5.74) is 1.26. The largest absolute Gasteiger partial charge is 0.444 e. The van der Waals surface area contributed by atoms with Gasteiger partial charge in [-0.15, -0.1) is 0 Å². The van der Waals surface area contributed by atoms with Crippen molar-refractivity contribution in [3.63, 3.8) is 0 Å². The van der Waals surface area contributed by atoms with Gasteiger partial charge in [0, 0.05) is 12.1 Å². The lowest BCUT2D eigenvalue weighted by Gasteiger charge is -2.38. The molecule has 0 bridgehead atoms. The maximum Gasteiger partial charge on any atom is 0.408 e. The molecule has 2 atom stereocenters. The molecule has 0 radical (unpaired) electrons. The summed E-state index contributed by atoms with van der Waals surface area (Å²) in [6.45, 7) is 15.3. The van der Waals surface area contributed by atoms with Crippen molar-refractivity contribution in [3.8, 4) is 0 Å². The van der Waals surface area contributed by atoms with Gasteiger partial charge in [-0.1, -0.05) is 64.3 Å². The van der Waals surface area contributed by atoms with Gasteiger partial charge in [0.05, 0.1) is 0 Å². The van der Waals surface area contributed by atoms with E-state index in [4.69, 9.17) is 4.74 Å². The Kier molecular flexibility index (Phi) is 11.5. The Morgan fingerprint density at radius 3 is 2.08 bits per heavy atom. The number of rotatable bonds is 10. The molecule has 0 aromatic heterocycles. The van der Waals surface area contributed by atoms with Gasteiger partial charge in [0.15, 0.2) is 0 Å². The number of carbonyl (C=O) groups excluding carboxylic acids is 3. The van der Waals surface area contributed by atoms with Crippen LogP contribution >= 0.6 is 0 Å². The quantitative estimate of drug-likeness (QED) is 0.405. The third-order valence-electron chi connectivity index (χ3n) is 6.69. The number of ether oxygens (including phenoxy) is 1. The van der Waals surface area contributed by atoms with Crippen LogP contribution in [0.1, 0.15) is 111 Å². The van der Waals surface area contributed by atoms with Crippen molar-refractivity contribution >= 4 is 17.9 Å². The molecule has 1 saturated carbocycles. The number of benzene rings is 1. The van der Waals surface area contributed by atoms with Crippen molar-refractivity contribution in [3.05, 3.63) is 35.4 Å². The number of alkyl carbamates (subject to hydrolysis) is 1. The van der Waals surface area contributed by atoms with Crippen molar-refractivity contribution in [2.45, 2.75) is 130 Å². The van der Waals surface area contributed by atoms with E-state index in [2.05, 4.69) is 17.6 Å². The predicted molar refractivity (Wildman–Crippen MR) is 148 cm³/mol. The van der Waals surface area contributed by atoms with E-state index in [-0.39, 0.29) is 29.8 Å². The van der Waals surface area contributed by atoms with Gasteiger partial charge in [-0.2, -0.15) is 0 Å². The monoisotopic (exact) mass is 515 g/mol. The Morgan fingerprint density at radius 1 is 1.00 bits per heavy atom. The van der Waals surface area contributed by atoms with Gasteiger partial charge in [-0.3, -0.25) is 9.59 Å². The third-order valence-corrected chi connectivity index (χ3v) is 6.69. The number of aryl methyl sites for hydroxylation is 1. The van der Waals surface area contributed by atoms with Gasteiger partial charge in [0.25, 0.3) is 0 Å². The molecule has 3 amide bonds. The van der Waals surface area contributed by atoms with Crippen LogP contribution in [-0.4, -0.2) is 46.5 Å². The van der Waals surface area contributed by atoms with Gasteiger partial charge in [-0.25, -0.2) is 4.79 Å². The van der Waals surface area contributed by atoms with E-state index in [1.54, 1.807) is 25.7 Å². The number of nitrogens with zero attached hydrogens (tertiary/aromatic N) is 1. The summed E-state index contributed by atoms with van der Waals surface area (Å²) >= 11 is 0. The highest BCUT2D eigenvalue weighted by Gasteiger charge is 2.38. The molecule has 1 aliphatic carbocycles. The Labute approximate surface area is 224 Å². The standard InChI is InChI=1S/C30H49N3O4/c1-9-22-15-17-23(18-16-22)26(27(34)31-24-13-11-10-12-14-24)33(21(4)5)28(35)25(19-20(2)3)32-29(36)37-30(6,7)8/h15-18,20-21,24-26H,9-14,19H2,1-8H3,(H,31,34)(H,32,36). The van der Waals surface area contributed by atoms with E-state index >= 15 is 0 Å². The molecule has 37 heavy (non-hydrogen) atoms.